The van der Waals surface area contributed by atoms with E-state index < -0.39 is 0 Å². The van der Waals surface area contributed by atoms with Gasteiger partial charge in [-0.25, -0.2) is 9.97 Å². The molecule has 1 unspecified atom stereocenters. The van der Waals surface area contributed by atoms with Gasteiger partial charge in [-0.05, 0) is 55.5 Å². The number of aromatic nitrogens is 2. The molecule has 128 valence electrons. The number of fused-ring (bicyclic) bond motifs is 1. The average molecular weight is 401 g/mol. The van der Waals surface area contributed by atoms with Crippen LogP contribution in [0.15, 0.2) is 65.3 Å². The summed E-state index contributed by atoms with van der Waals surface area (Å²) >= 11 is 3.41. The van der Waals surface area contributed by atoms with Gasteiger partial charge in [-0.3, -0.25) is 0 Å². The Kier molecular flexibility index (Phi) is 5.63. The summed E-state index contributed by atoms with van der Waals surface area (Å²) in [5.41, 5.74) is 1.57. The maximum atomic E-state index is 8.77. The summed E-state index contributed by atoms with van der Waals surface area (Å²) in [5.74, 6) is 1.80. The van der Waals surface area contributed by atoms with Gasteiger partial charge in [0, 0.05) is 4.47 Å². The van der Waals surface area contributed by atoms with Crippen molar-refractivity contribution in [1.29, 1.82) is 0 Å². The molecule has 0 bridgehead atoms. The SMILES string of the molecule is CC(C=CCO)Oc1ccc(Oc2cnc3cc(Br)ccc3n2)cc1. The van der Waals surface area contributed by atoms with E-state index in [9.17, 15) is 0 Å². The highest BCUT2D eigenvalue weighted by atomic mass is 79.9. The third-order valence-electron chi connectivity index (χ3n) is 3.36. The minimum Gasteiger partial charge on any atom is -0.487 e. The van der Waals surface area contributed by atoms with Crippen molar-refractivity contribution in [2.75, 3.05) is 6.61 Å². The third kappa shape index (κ3) is 4.78. The molecule has 3 rings (SSSR count). The number of aliphatic hydroxyl groups is 1. The maximum Gasteiger partial charge on any atom is 0.238 e. The van der Waals surface area contributed by atoms with Crippen molar-refractivity contribution in [3.8, 4) is 17.4 Å². The molecule has 0 amide bonds. The van der Waals surface area contributed by atoms with Crippen molar-refractivity contribution < 1.29 is 14.6 Å². The molecule has 5 nitrogen and oxygen atoms in total. The van der Waals surface area contributed by atoms with E-state index in [-0.39, 0.29) is 12.7 Å². The largest absolute Gasteiger partial charge is 0.487 e. The zero-order valence-electron chi connectivity index (χ0n) is 13.6. The summed E-state index contributed by atoms with van der Waals surface area (Å²) in [6.45, 7) is 1.91. The van der Waals surface area contributed by atoms with Crippen molar-refractivity contribution in [3.05, 3.63) is 65.3 Å². The van der Waals surface area contributed by atoms with Gasteiger partial charge in [0.25, 0.3) is 0 Å². The molecule has 1 heterocycles. The lowest BCUT2D eigenvalue weighted by Gasteiger charge is -2.11. The van der Waals surface area contributed by atoms with Crippen LogP contribution in [-0.2, 0) is 0 Å². The minimum atomic E-state index is -0.121. The van der Waals surface area contributed by atoms with Gasteiger partial charge >= 0.3 is 0 Å². The normalized spacial score (nSPS) is 12.4. The molecule has 0 spiro atoms. The van der Waals surface area contributed by atoms with Crippen molar-refractivity contribution in [1.82, 2.24) is 9.97 Å². The van der Waals surface area contributed by atoms with Crippen LogP contribution in [0, 0.1) is 0 Å². The quantitative estimate of drug-likeness (QED) is 0.617. The van der Waals surface area contributed by atoms with Gasteiger partial charge in [0.15, 0.2) is 0 Å². The first-order valence-electron chi connectivity index (χ1n) is 7.78. The molecule has 25 heavy (non-hydrogen) atoms. The van der Waals surface area contributed by atoms with Crippen molar-refractivity contribution in [2.24, 2.45) is 0 Å². The number of hydrogen-bond donors (Lipinski definition) is 1. The van der Waals surface area contributed by atoms with Crippen molar-refractivity contribution in [3.63, 3.8) is 0 Å². The molecule has 3 aromatic rings. The Labute approximate surface area is 154 Å². The second kappa shape index (κ2) is 8.09. The molecule has 0 aliphatic rings. The van der Waals surface area contributed by atoms with E-state index in [0.717, 1.165) is 21.3 Å². The molecule has 0 saturated carbocycles. The fraction of sp³-hybridized carbons (Fsp3) is 0.158. The highest BCUT2D eigenvalue weighted by Crippen LogP contribution is 2.25. The first-order chi connectivity index (χ1) is 12.1. The fourth-order valence-electron chi connectivity index (χ4n) is 2.23. The highest BCUT2D eigenvalue weighted by Gasteiger charge is 2.04. The predicted molar refractivity (Wildman–Crippen MR) is 100 cm³/mol. The Balaban J connectivity index is 1.69. The van der Waals surface area contributed by atoms with Crippen LogP contribution in [0.25, 0.3) is 11.0 Å². The lowest BCUT2D eigenvalue weighted by Crippen LogP contribution is -2.08. The van der Waals surface area contributed by atoms with E-state index in [0.29, 0.717) is 11.6 Å². The van der Waals surface area contributed by atoms with Gasteiger partial charge in [0.1, 0.15) is 17.6 Å². The van der Waals surface area contributed by atoms with Crippen LogP contribution in [0.5, 0.6) is 17.4 Å². The summed E-state index contributed by atoms with van der Waals surface area (Å²) in [7, 11) is 0. The summed E-state index contributed by atoms with van der Waals surface area (Å²) in [4.78, 5) is 8.80. The average Bonchev–Trinajstić information content (AvgIpc) is 2.62. The standard InChI is InChI=1S/C19H17BrN2O3/c1-13(3-2-10-23)24-15-5-7-16(8-6-15)25-19-12-21-18-11-14(20)4-9-17(18)22-19/h2-9,11-13,23H,10H2,1H3. The molecular weight excluding hydrogens is 384 g/mol. The second-order valence-corrected chi connectivity index (χ2v) is 6.26. The maximum absolute atomic E-state index is 8.77. The Morgan fingerprint density at radius 2 is 1.88 bits per heavy atom. The Hall–Kier alpha value is -2.44. The zero-order valence-corrected chi connectivity index (χ0v) is 15.2. The first-order valence-corrected chi connectivity index (χ1v) is 8.58. The molecule has 1 aromatic heterocycles. The van der Waals surface area contributed by atoms with Gasteiger partial charge in [0.2, 0.25) is 5.88 Å². The summed E-state index contributed by atoms with van der Waals surface area (Å²) in [5, 5.41) is 8.77. The molecule has 0 saturated heterocycles. The number of ether oxygens (including phenoxy) is 2. The molecule has 2 aromatic carbocycles. The van der Waals surface area contributed by atoms with E-state index in [2.05, 4.69) is 25.9 Å². The van der Waals surface area contributed by atoms with Crippen LogP contribution >= 0.6 is 15.9 Å². The van der Waals surface area contributed by atoms with E-state index in [1.807, 2.05) is 49.4 Å². The highest BCUT2D eigenvalue weighted by molar-refractivity contribution is 9.10. The Morgan fingerprint density at radius 3 is 2.64 bits per heavy atom. The van der Waals surface area contributed by atoms with E-state index in [4.69, 9.17) is 14.6 Å². The number of halogens is 1. The van der Waals surface area contributed by atoms with Gasteiger partial charge in [-0.2, -0.15) is 0 Å². The van der Waals surface area contributed by atoms with Gasteiger partial charge in [-0.1, -0.05) is 22.0 Å². The topological polar surface area (TPSA) is 64.5 Å². The van der Waals surface area contributed by atoms with Crippen LogP contribution < -0.4 is 9.47 Å². The molecule has 6 heteroatoms. The number of aliphatic hydroxyl groups excluding tert-OH is 1. The van der Waals surface area contributed by atoms with Crippen LogP contribution in [0.1, 0.15) is 6.92 Å². The van der Waals surface area contributed by atoms with Crippen LogP contribution in [0.2, 0.25) is 0 Å². The monoisotopic (exact) mass is 400 g/mol. The minimum absolute atomic E-state index is 0.00419. The molecule has 1 N–H and O–H groups in total. The Bertz CT molecular complexity index is 881. The van der Waals surface area contributed by atoms with Crippen LogP contribution in [0.3, 0.4) is 0 Å². The number of hydrogen-bond acceptors (Lipinski definition) is 5. The molecular formula is C19H17BrN2O3. The third-order valence-corrected chi connectivity index (χ3v) is 3.86. The van der Waals surface area contributed by atoms with E-state index >= 15 is 0 Å². The molecule has 0 aliphatic heterocycles. The van der Waals surface area contributed by atoms with Gasteiger partial charge in [-0.15, -0.1) is 0 Å². The summed E-state index contributed by atoms with van der Waals surface area (Å²) in [6, 6.07) is 13.0. The number of rotatable bonds is 6. The smallest absolute Gasteiger partial charge is 0.238 e. The van der Waals surface area contributed by atoms with Crippen molar-refractivity contribution in [2.45, 2.75) is 13.0 Å². The van der Waals surface area contributed by atoms with Gasteiger partial charge in [0.05, 0.1) is 23.8 Å². The van der Waals surface area contributed by atoms with Crippen LogP contribution in [0.4, 0.5) is 0 Å². The fourth-order valence-corrected chi connectivity index (χ4v) is 2.58. The Morgan fingerprint density at radius 1 is 1.12 bits per heavy atom. The first kappa shape index (κ1) is 17.4. The number of nitrogens with zero attached hydrogens (tertiary/aromatic N) is 2. The molecule has 0 fully saturated rings. The van der Waals surface area contributed by atoms with Crippen molar-refractivity contribution >= 4 is 27.0 Å². The van der Waals surface area contributed by atoms with Crippen LogP contribution in [-0.4, -0.2) is 27.8 Å². The van der Waals surface area contributed by atoms with E-state index in [1.54, 1.807) is 18.3 Å². The molecule has 0 radical (unpaired) electrons. The second-order valence-electron chi connectivity index (χ2n) is 5.35. The molecule has 0 aliphatic carbocycles. The summed E-state index contributed by atoms with van der Waals surface area (Å²) < 4.78 is 12.4. The predicted octanol–water partition coefficient (Wildman–Crippen LogP) is 4.50. The summed E-state index contributed by atoms with van der Waals surface area (Å²) in [6.07, 6.45) is 4.93. The molecule has 1 atom stereocenters. The zero-order chi connectivity index (χ0) is 17.6. The van der Waals surface area contributed by atoms with E-state index in [1.165, 1.54) is 0 Å². The lowest BCUT2D eigenvalue weighted by atomic mass is 10.3. The van der Waals surface area contributed by atoms with Gasteiger partial charge < -0.3 is 14.6 Å². The number of benzene rings is 2. The lowest BCUT2D eigenvalue weighted by molar-refractivity contribution is 0.267.